The molecule has 1 N–H and O–H groups in total. The van der Waals surface area contributed by atoms with Crippen LogP contribution in [0.15, 0.2) is 36.7 Å². The molecular formula is C16H12F3N7. The predicted molar refractivity (Wildman–Crippen MR) is 86.1 cm³/mol. The van der Waals surface area contributed by atoms with Gasteiger partial charge in [0.2, 0.25) is 0 Å². The van der Waals surface area contributed by atoms with Gasteiger partial charge in [0.05, 0.1) is 23.5 Å². The van der Waals surface area contributed by atoms with Gasteiger partial charge in [-0.3, -0.25) is 0 Å². The Balaban J connectivity index is 1.90. The van der Waals surface area contributed by atoms with E-state index in [-0.39, 0.29) is 12.4 Å². The third kappa shape index (κ3) is 3.94. The first-order valence-corrected chi connectivity index (χ1v) is 7.41. The van der Waals surface area contributed by atoms with Gasteiger partial charge in [-0.05, 0) is 36.8 Å². The van der Waals surface area contributed by atoms with Gasteiger partial charge in [-0.1, -0.05) is 5.21 Å². The molecule has 3 aromatic heterocycles. The molecule has 0 bridgehead atoms. The van der Waals surface area contributed by atoms with Crippen molar-refractivity contribution in [2.24, 2.45) is 0 Å². The van der Waals surface area contributed by atoms with E-state index < -0.39 is 11.7 Å². The number of nitriles is 1. The van der Waals surface area contributed by atoms with E-state index in [4.69, 9.17) is 5.26 Å². The summed E-state index contributed by atoms with van der Waals surface area (Å²) < 4.78 is 39.8. The first-order valence-electron chi connectivity index (χ1n) is 7.41. The molecule has 0 radical (unpaired) electrons. The molecule has 0 aliphatic carbocycles. The highest BCUT2D eigenvalue weighted by Crippen LogP contribution is 2.30. The van der Waals surface area contributed by atoms with Gasteiger partial charge in [0, 0.05) is 6.20 Å². The Kier molecular flexibility index (Phi) is 4.53. The molecule has 3 heterocycles. The molecule has 26 heavy (non-hydrogen) atoms. The van der Waals surface area contributed by atoms with Crippen molar-refractivity contribution in [3.05, 3.63) is 47.8 Å². The van der Waals surface area contributed by atoms with Crippen LogP contribution in [0.5, 0.6) is 0 Å². The molecule has 0 amide bonds. The first-order chi connectivity index (χ1) is 12.3. The molecule has 0 aliphatic rings. The average Bonchev–Trinajstić information content (AvgIpc) is 3.03. The third-order valence-corrected chi connectivity index (χ3v) is 3.35. The number of nitrogens with one attached hydrogen (secondary N) is 1. The number of aromatic nitrogens is 5. The summed E-state index contributed by atoms with van der Waals surface area (Å²) in [5.41, 5.74) is 0.939. The molecule has 0 fully saturated rings. The fourth-order valence-corrected chi connectivity index (χ4v) is 2.23. The second-order valence-electron chi connectivity index (χ2n) is 5.43. The Bertz CT molecular complexity index is 972. The average molecular weight is 359 g/mol. The molecule has 3 rings (SSSR count). The van der Waals surface area contributed by atoms with Crippen molar-refractivity contribution >= 4 is 11.6 Å². The first kappa shape index (κ1) is 17.3. The lowest BCUT2D eigenvalue weighted by Crippen LogP contribution is -2.06. The number of alkyl halides is 3. The molecule has 0 aliphatic heterocycles. The second kappa shape index (κ2) is 6.79. The smallest absolute Gasteiger partial charge is 0.325 e. The predicted octanol–water partition coefficient (Wildman–Crippen LogP) is 3.33. The molecule has 0 saturated heterocycles. The zero-order valence-electron chi connectivity index (χ0n) is 13.5. The second-order valence-corrected chi connectivity index (χ2v) is 5.43. The Morgan fingerprint density at radius 1 is 1.19 bits per heavy atom. The number of pyridine rings is 2. The van der Waals surface area contributed by atoms with Gasteiger partial charge in [-0.25, -0.2) is 14.6 Å². The molecule has 0 spiro atoms. The Hall–Kier alpha value is -3.48. The monoisotopic (exact) mass is 359 g/mol. The van der Waals surface area contributed by atoms with E-state index in [9.17, 15) is 13.2 Å². The van der Waals surface area contributed by atoms with Crippen molar-refractivity contribution < 1.29 is 13.2 Å². The minimum Gasteiger partial charge on any atom is -0.325 e. The third-order valence-electron chi connectivity index (χ3n) is 3.35. The SMILES string of the molecule is Cc1cc(Nc2cc(C(F)(F)F)ccn2)nc(-c2cn(CC#N)nn2)c1. The van der Waals surface area contributed by atoms with E-state index in [2.05, 4.69) is 25.6 Å². The van der Waals surface area contributed by atoms with Gasteiger partial charge >= 0.3 is 6.18 Å². The Morgan fingerprint density at radius 3 is 2.73 bits per heavy atom. The summed E-state index contributed by atoms with van der Waals surface area (Å²) in [5, 5.41) is 19.2. The molecule has 0 atom stereocenters. The lowest BCUT2D eigenvalue weighted by molar-refractivity contribution is -0.137. The van der Waals surface area contributed by atoms with E-state index in [1.54, 1.807) is 18.3 Å². The van der Waals surface area contributed by atoms with Crippen molar-refractivity contribution in [3.63, 3.8) is 0 Å². The van der Waals surface area contributed by atoms with Gasteiger partial charge in [0.15, 0.2) is 0 Å². The van der Waals surface area contributed by atoms with Gasteiger partial charge < -0.3 is 5.32 Å². The van der Waals surface area contributed by atoms with Gasteiger partial charge in [-0.2, -0.15) is 18.4 Å². The maximum atomic E-state index is 12.8. The highest BCUT2D eigenvalue weighted by Gasteiger charge is 2.30. The minimum absolute atomic E-state index is 0.0250. The van der Waals surface area contributed by atoms with Crippen LogP contribution in [0.2, 0.25) is 0 Å². The summed E-state index contributed by atoms with van der Waals surface area (Å²) in [4.78, 5) is 8.22. The maximum Gasteiger partial charge on any atom is 0.416 e. The van der Waals surface area contributed by atoms with Crippen molar-refractivity contribution in [3.8, 4) is 17.5 Å². The molecule has 7 nitrogen and oxygen atoms in total. The number of nitrogens with zero attached hydrogens (tertiary/aromatic N) is 6. The lowest BCUT2D eigenvalue weighted by atomic mass is 10.2. The highest BCUT2D eigenvalue weighted by molar-refractivity contribution is 5.61. The number of anilines is 2. The molecule has 0 saturated carbocycles. The van der Waals surface area contributed by atoms with Gasteiger partial charge in [0.25, 0.3) is 0 Å². The normalized spacial score (nSPS) is 11.2. The van der Waals surface area contributed by atoms with E-state index >= 15 is 0 Å². The summed E-state index contributed by atoms with van der Waals surface area (Å²) in [6.07, 6.45) is -1.81. The number of halogens is 3. The van der Waals surface area contributed by atoms with E-state index in [0.717, 1.165) is 23.9 Å². The van der Waals surface area contributed by atoms with Crippen LogP contribution in [0.4, 0.5) is 24.8 Å². The van der Waals surface area contributed by atoms with Crippen LogP contribution < -0.4 is 5.32 Å². The Morgan fingerprint density at radius 2 is 2.00 bits per heavy atom. The zero-order chi connectivity index (χ0) is 18.7. The van der Waals surface area contributed by atoms with Crippen LogP contribution in [0.3, 0.4) is 0 Å². The summed E-state index contributed by atoms with van der Waals surface area (Å²) in [6.45, 7) is 1.87. The number of rotatable bonds is 4. The molecule has 0 unspecified atom stereocenters. The summed E-state index contributed by atoms with van der Waals surface area (Å²) in [5.74, 6) is 0.346. The van der Waals surface area contributed by atoms with Crippen LogP contribution in [0, 0.1) is 18.3 Å². The largest absolute Gasteiger partial charge is 0.416 e. The van der Waals surface area contributed by atoms with Crippen molar-refractivity contribution in [1.82, 2.24) is 25.0 Å². The van der Waals surface area contributed by atoms with E-state index in [0.29, 0.717) is 17.2 Å². The number of hydrogen-bond acceptors (Lipinski definition) is 6. The molecule has 0 aromatic carbocycles. The van der Waals surface area contributed by atoms with Crippen molar-refractivity contribution in [2.45, 2.75) is 19.6 Å². The molecular weight excluding hydrogens is 347 g/mol. The van der Waals surface area contributed by atoms with E-state index in [1.807, 2.05) is 13.0 Å². The fraction of sp³-hybridized carbons (Fsp3) is 0.188. The van der Waals surface area contributed by atoms with Crippen LogP contribution in [0.25, 0.3) is 11.4 Å². The van der Waals surface area contributed by atoms with Crippen LogP contribution >= 0.6 is 0 Å². The maximum absolute atomic E-state index is 12.8. The fourth-order valence-electron chi connectivity index (χ4n) is 2.23. The van der Waals surface area contributed by atoms with Crippen LogP contribution in [-0.4, -0.2) is 25.0 Å². The summed E-state index contributed by atoms with van der Waals surface area (Å²) in [6, 6.07) is 7.18. The summed E-state index contributed by atoms with van der Waals surface area (Å²) in [7, 11) is 0. The van der Waals surface area contributed by atoms with Crippen LogP contribution in [-0.2, 0) is 12.7 Å². The summed E-state index contributed by atoms with van der Waals surface area (Å²) >= 11 is 0. The topological polar surface area (TPSA) is 92.3 Å². The standard InChI is InChI=1S/C16H12F3N7/c1-10-6-12(13-9-26(5-3-20)25-24-13)22-15(7-10)23-14-8-11(2-4-21-14)16(17,18)19/h2,4,6-9H,5H2,1H3,(H,21,22,23). The van der Waals surface area contributed by atoms with Crippen molar-refractivity contribution in [2.75, 3.05) is 5.32 Å². The van der Waals surface area contributed by atoms with Crippen LogP contribution in [0.1, 0.15) is 11.1 Å². The van der Waals surface area contributed by atoms with E-state index in [1.165, 1.54) is 4.68 Å². The minimum atomic E-state index is -4.45. The highest BCUT2D eigenvalue weighted by atomic mass is 19.4. The van der Waals surface area contributed by atoms with Gasteiger partial charge in [-0.15, -0.1) is 5.10 Å². The van der Waals surface area contributed by atoms with Crippen molar-refractivity contribution in [1.29, 1.82) is 5.26 Å². The lowest BCUT2D eigenvalue weighted by Gasteiger charge is -2.10. The number of hydrogen-bond donors (Lipinski definition) is 1. The molecule has 3 aromatic rings. The quantitative estimate of drug-likeness (QED) is 0.768. The Labute approximate surface area is 146 Å². The molecule has 132 valence electrons. The van der Waals surface area contributed by atoms with Gasteiger partial charge in [0.1, 0.15) is 23.9 Å². The number of aryl methyl sites for hydroxylation is 1. The zero-order valence-corrected chi connectivity index (χ0v) is 13.5. The molecule has 10 heteroatoms.